The summed E-state index contributed by atoms with van der Waals surface area (Å²) in [4.78, 5) is 14.6. The van der Waals surface area contributed by atoms with Gasteiger partial charge in [0, 0.05) is 35.3 Å². The molecule has 5 nitrogen and oxygen atoms in total. The summed E-state index contributed by atoms with van der Waals surface area (Å²) in [5.41, 5.74) is 3.56. The maximum Gasteiger partial charge on any atom is 0.409 e. The van der Waals surface area contributed by atoms with Crippen LogP contribution in [0.25, 0.3) is 11.1 Å². The minimum Gasteiger partial charge on any atom is -0.488 e. The van der Waals surface area contributed by atoms with Crippen molar-refractivity contribution in [3.05, 3.63) is 42.2 Å². The first-order valence-electron chi connectivity index (χ1n) is 5.44. The number of carboxylic acid groups (broad SMARTS) is 1. The first-order chi connectivity index (χ1) is 8.74. The van der Waals surface area contributed by atoms with E-state index in [1.54, 1.807) is 24.5 Å². The van der Waals surface area contributed by atoms with Crippen molar-refractivity contribution in [2.24, 2.45) is 0 Å². The number of aromatic nitrogens is 1. The van der Waals surface area contributed by atoms with Gasteiger partial charge < -0.3 is 9.84 Å². The highest BCUT2D eigenvalue weighted by molar-refractivity contribution is 5.85. The number of hydrogen-bond acceptors (Lipinski definition) is 3. The number of amides is 1. The summed E-state index contributed by atoms with van der Waals surface area (Å²) in [6.45, 7) is 0.451. The van der Waals surface area contributed by atoms with Crippen molar-refractivity contribution >= 4 is 11.8 Å². The molecule has 3 rings (SSSR count). The molecule has 0 atom stereocenters. The minimum absolute atomic E-state index is 0.451. The Bertz CT molecular complexity index is 625. The Labute approximate surface area is 103 Å². The first-order valence-corrected chi connectivity index (χ1v) is 5.44. The van der Waals surface area contributed by atoms with E-state index in [9.17, 15) is 4.79 Å². The predicted octanol–water partition coefficient (Wildman–Crippen LogP) is 2.73. The molecule has 1 aliphatic heterocycles. The number of nitrogens with one attached hydrogen (secondary N) is 1. The largest absolute Gasteiger partial charge is 0.488 e. The molecule has 0 unspecified atom stereocenters. The van der Waals surface area contributed by atoms with E-state index in [2.05, 4.69) is 10.3 Å². The molecule has 0 aliphatic carbocycles. The van der Waals surface area contributed by atoms with E-state index in [1.807, 2.05) is 12.1 Å². The van der Waals surface area contributed by atoms with Crippen LogP contribution in [0.15, 0.2) is 36.7 Å². The normalized spacial score (nSPS) is 12.0. The Morgan fingerprint density at radius 1 is 1.33 bits per heavy atom. The Morgan fingerprint density at radius 2 is 2.22 bits per heavy atom. The van der Waals surface area contributed by atoms with Crippen molar-refractivity contribution in [1.29, 1.82) is 0 Å². The lowest BCUT2D eigenvalue weighted by Gasteiger charge is -2.20. The standard InChI is InChI=1S/C13H10N2O3/c16-13(17)15-9-1-2-11-10-3-4-14-6-8(10)7-18-12(11)5-9/h1-6,15H,7H2,(H,16,17). The second kappa shape index (κ2) is 4.03. The van der Waals surface area contributed by atoms with Crippen LogP contribution in [-0.2, 0) is 6.61 Å². The third-order valence-electron chi connectivity index (χ3n) is 2.81. The molecule has 0 bridgehead atoms. The molecule has 1 aliphatic rings. The van der Waals surface area contributed by atoms with Crippen molar-refractivity contribution in [3.8, 4) is 16.9 Å². The highest BCUT2D eigenvalue weighted by atomic mass is 16.5. The van der Waals surface area contributed by atoms with Crippen LogP contribution < -0.4 is 10.1 Å². The number of benzene rings is 1. The number of hydrogen-bond donors (Lipinski definition) is 2. The molecule has 18 heavy (non-hydrogen) atoms. The highest BCUT2D eigenvalue weighted by Crippen LogP contribution is 2.38. The maximum atomic E-state index is 10.6. The summed E-state index contributed by atoms with van der Waals surface area (Å²) in [6.07, 6.45) is 2.43. The number of anilines is 1. The van der Waals surface area contributed by atoms with Gasteiger partial charge in [-0.05, 0) is 23.8 Å². The fraction of sp³-hybridized carbons (Fsp3) is 0.0769. The Hall–Kier alpha value is -2.56. The van der Waals surface area contributed by atoms with Crippen LogP contribution in [0, 0.1) is 0 Å². The van der Waals surface area contributed by atoms with E-state index in [0.29, 0.717) is 18.0 Å². The second-order valence-corrected chi connectivity index (χ2v) is 3.96. The van der Waals surface area contributed by atoms with Crippen LogP contribution in [0.4, 0.5) is 10.5 Å². The predicted molar refractivity (Wildman–Crippen MR) is 65.7 cm³/mol. The number of nitrogens with zero attached hydrogens (tertiary/aromatic N) is 1. The van der Waals surface area contributed by atoms with Gasteiger partial charge in [-0.25, -0.2) is 4.79 Å². The van der Waals surface area contributed by atoms with Gasteiger partial charge in [0.25, 0.3) is 0 Å². The molecule has 2 aromatic rings. The van der Waals surface area contributed by atoms with Crippen LogP contribution in [0.5, 0.6) is 5.75 Å². The highest BCUT2D eigenvalue weighted by Gasteiger charge is 2.17. The zero-order chi connectivity index (χ0) is 12.5. The van der Waals surface area contributed by atoms with Crippen molar-refractivity contribution in [2.75, 3.05) is 5.32 Å². The molecule has 0 spiro atoms. The summed E-state index contributed by atoms with van der Waals surface area (Å²) in [5.74, 6) is 0.681. The summed E-state index contributed by atoms with van der Waals surface area (Å²) in [5, 5.41) is 11.0. The van der Waals surface area contributed by atoms with E-state index in [-0.39, 0.29) is 0 Å². The molecular formula is C13H10N2O3. The topological polar surface area (TPSA) is 71.5 Å². The lowest BCUT2D eigenvalue weighted by Crippen LogP contribution is -2.09. The van der Waals surface area contributed by atoms with Crippen LogP contribution in [0.2, 0.25) is 0 Å². The van der Waals surface area contributed by atoms with Gasteiger partial charge >= 0.3 is 6.09 Å². The lowest BCUT2D eigenvalue weighted by molar-refractivity contribution is 0.209. The average molecular weight is 242 g/mol. The third-order valence-corrected chi connectivity index (χ3v) is 2.81. The minimum atomic E-state index is -1.09. The molecule has 90 valence electrons. The number of pyridine rings is 1. The number of ether oxygens (including phenoxy) is 1. The lowest BCUT2D eigenvalue weighted by atomic mass is 9.99. The van der Waals surface area contributed by atoms with Gasteiger partial charge in [-0.3, -0.25) is 10.3 Å². The van der Waals surface area contributed by atoms with Gasteiger partial charge in [-0.1, -0.05) is 0 Å². The molecule has 2 N–H and O–H groups in total. The zero-order valence-corrected chi connectivity index (χ0v) is 9.38. The molecule has 1 amide bonds. The van der Waals surface area contributed by atoms with Crippen LogP contribution in [0.1, 0.15) is 5.56 Å². The summed E-state index contributed by atoms with van der Waals surface area (Å²) < 4.78 is 5.60. The monoisotopic (exact) mass is 242 g/mol. The fourth-order valence-electron chi connectivity index (χ4n) is 2.03. The van der Waals surface area contributed by atoms with Gasteiger partial charge in [0.15, 0.2) is 0 Å². The molecular weight excluding hydrogens is 232 g/mol. The van der Waals surface area contributed by atoms with E-state index in [1.165, 1.54) is 0 Å². The Morgan fingerprint density at radius 3 is 3.06 bits per heavy atom. The van der Waals surface area contributed by atoms with Gasteiger partial charge in [0.05, 0.1) is 0 Å². The van der Waals surface area contributed by atoms with Crippen molar-refractivity contribution in [2.45, 2.75) is 6.61 Å². The van der Waals surface area contributed by atoms with Gasteiger partial charge in [-0.15, -0.1) is 0 Å². The van der Waals surface area contributed by atoms with Crippen LogP contribution in [-0.4, -0.2) is 16.2 Å². The van der Waals surface area contributed by atoms with Gasteiger partial charge in [0.1, 0.15) is 12.4 Å². The molecule has 5 heteroatoms. The van der Waals surface area contributed by atoms with E-state index < -0.39 is 6.09 Å². The third kappa shape index (κ3) is 1.75. The van der Waals surface area contributed by atoms with Crippen molar-refractivity contribution in [3.63, 3.8) is 0 Å². The van der Waals surface area contributed by atoms with Crippen LogP contribution >= 0.6 is 0 Å². The van der Waals surface area contributed by atoms with Gasteiger partial charge in [0.2, 0.25) is 0 Å². The molecule has 1 aromatic heterocycles. The number of carbonyl (C=O) groups is 1. The molecule has 0 saturated carbocycles. The van der Waals surface area contributed by atoms with Gasteiger partial charge in [-0.2, -0.15) is 0 Å². The number of rotatable bonds is 1. The molecule has 0 radical (unpaired) electrons. The number of fused-ring (bicyclic) bond motifs is 3. The maximum absolute atomic E-state index is 10.6. The fourth-order valence-corrected chi connectivity index (χ4v) is 2.03. The SMILES string of the molecule is O=C(O)Nc1ccc2c(c1)OCc1cnccc1-2. The summed E-state index contributed by atoms with van der Waals surface area (Å²) in [7, 11) is 0. The van der Waals surface area contributed by atoms with Crippen molar-refractivity contribution in [1.82, 2.24) is 4.98 Å². The summed E-state index contributed by atoms with van der Waals surface area (Å²) >= 11 is 0. The van der Waals surface area contributed by atoms with E-state index in [4.69, 9.17) is 9.84 Å². The second-order valence-electron chi connectivity index (χ2n) is 3.96. The van der Waals surface area contributed by atoms with Crippen LogP contribution in [0.3, 0.4) is 0 Å². The molecule has 1 aromatic carbocycles. The quantitative estimate of drug-likeness (QED) is 0.806. The van der Waals surface area contributed by atoms with E-state index >= 15 is 0 Å². The Balaban J connectivity index is 2.05. The zero-order valence-electron chi connectivity index (χ0n) is 9.38. The summed E-state index contributed by atoms with van der Waals surface area (Å²) in [6, 6.07) is 7.18. The van der Waals surface area contributed by atoms with E-state index in [0.717, 1.165) is 16.7 Å². The molecule has 0 fully saturated rings. The molecule has 0 saturated heterocycles. The smallest absolute Gasteiger partial charge is 0.409 e. The molecule has 2 heterocycles. The first kappa shape index (κ1) is 10.6. The Kier molecular flexibility index (Phi) is 2.37. The van der Waals surface area contributed by atoms with Crippen molar-refractivity contribution < 1.29 is 14.6 Å². The average Bonchev–Trinajstić information content (AvgIpc) is 2.37.